The van der Waals surface area contributed by atoms with Gasteiger partial charge in [0.25, 0.3) is 5.91 Å². The van der Waals surface area contributed by atoms with E-state index in [-0.39, 0.29) is 13.2 Å². The Morgan fingerprint density at radius 2 is 1.85 bits per heavy atom. The summed E-state index contributed by atoms with van der Waals surface area (Å²) in [4.78, 5) is 46.4. The van der Waals surface area contributed by atoms with Gasteiger partial charge in [0.1, 0.15) is 6.54 Å². The lowest BCUT2D eigenvalue weighted by Gasteiger charge is -2.07. The second-order valence-corrected chi connectivity index (χ2v) is 5.11. The van der Waals surface area contributed by atoms with Crippen molar-refractivity contribution in [3.8, 4) is 0 Å². The third-order valence-corrected chi connectivity index (χ3v) is 3.37. The van der Waals surface area contributed by atoms with Crippen molar-refractivity contribution in [3.63, 3.8) is 0 Å². The average molecular weight is 362 g/mol. The van der Waals surface area contributed by atoms with Crippen LogP contribution >= 0.6 is 0 Å². The number of methoxy groups -OCH3 is 1. The van der Waals surface area contributed by atoms with Gasteiger partial charge in [-0.25, -0.2) is 9.59 Å². The SMILES string of the molecule is CCOC(=O)NC(=O)COC(=O)Cn1cc(C(=O)OC)c2ccccc21. The molecule has 0 saturated heterocycles. The molecule has 0 radical (unpaired) electrons. The number of amides is 2. The standard InChI is InChI=1S/C17H18N2O7/c1-3-25-17(23)18-14(20)10-26-15(21)9-19-8-12(16(22)24-2)11-6-4-5-7-13(11)19/h4-8H,3,9-10H2,1-2H3,(H,18,20,23). The molecular formula is C17H18N2O7. The molecule has 0 unspecified atom stereocenters. The van der Waals surface area contributed by atoms with E-state index < -0.39 is 30.5 Å². The van der Waals surface area contributed by atoms with Crippen LogP contribution in [0.2, 0.25) is 0 Å². The highest BCUT2D eigenvalue weighted by atomic mass is 16.6. The maximum atomic E-state index is 12.0. The van der Waals surface area contributed by atoms with Crippen LogP contribution in [0.15, 0.2) is 30.5 Å². The molecule has 1 heterocycles. The third-order valence-electron chi connectivity index (χ3n) is 3.37. The lowest BCUT2D eigenvalue weighted by Crippen LogP contribution is -2.34. The van der Waals surface area contributed by atoms with E-state index in [9.17, 15) is 19.2 Å². The van der Waals surface area contributed by atoms with E-state index in [0.717, 1.165) is 0 Å². The summed E-state index contributed by atoms with van der Waals surface area (Å²) in [6, 6.07) is 6.99. The van der Waals surface area contributed by atoms with Crippen LogP contribution in [0.5, 0.6) is 0 Å². The largest absolute Gasteiger partial charge is 0.465 e. The molecular weight excluding hydrogens is 344 g/mol. The van der Waals surface area contributed by atoms with Crippen LogP contribution in [0, 0.1) is 0 Å². The van der Waals surface area contributed by atoms with Gasteiger partial charge in [0.15, 0.2) is 6.61 Å². The van der Waals surface area contributed by atoms with Gasteiger partial charge in [0, 0.05) is 17.1 Å². The monoisotopic (exact) mass is 362 g/mol. The molecule has 9 nitrogen and oxygen atoms in total. The Balaban J connectivity index is 2.02. The number of benzene rings is 1. The Kier molecular flexibility index (Phi) is 6.31. The van der Waals surface area contributed by atoms with Crippen molar-refractivity contribution in [2.45, 2.75) is 13.5 Å². The summed E-state index contributed by atoms with van der Waals surface area (Å²) in [6.07, 6.45) is 0.573. The molecule has 2 rings (SSSR count). The van der Waals surface area contributed by atoms with Crippen molar-refractivity contribution >= 4 is 34.8 Å². The molecule has 138 valence electrons. The number of carbonyl (C=O) groups is 4. The van der Waals surface area contributed by atoms with Crippen LogP contribution in [0.1, 0.15) is 17.3 Å². The van der Waals surface area contributed by atoms with E-state index in [1.54, 1.807) is 31.2 Å². The van der Waals surface area contributed by atoms with Crippen LogP contribution in [0.25, 0.3) is 10.9 Å². The van der Waals surface area contributed by atoms with Gasteiger partial charge in [0.2, 0.25) is 0 Å². The quantitative estimate of drug-likeness (QED) is 0.608. The summed E-state index contributed by atoms with van der Waals surface area (Å²) < 4.78 is 15.6. The Morgan fingerprint density at radius 1 is 1.12 bits per heavy atom. The zero-order chi connectivity index (χ0) is 19.1. The summed E-state index contributed by atoms with van der Waals surface area (Å²) in [7, 11) is 1.27. The Bertz CT molecular complexity index is 841. The van der Waals surface area contributed by atoms with Crippen molar-refractivity contribution in [3.05, 3.63) is 36.0 Å². The minimum absolute atomic E-state index is 0.113. The number of hydrogen-bond acceptors (Lipinski definition) is 7. The van der Waals surface area contributed by atoms with Crippen molar-refractivity contribution in [1.82, 2.24) is 9.88 Å². The van der Waals surface area contributed by atoms with E-state index in [0.29, 0.717) is 16.5 Å². The smallest absolute Gasteiger partial charge is 0.413 e. The molecule has 0 bridgehead atoms. The Hall–Kier alpha value is -3.36. The van der Waals surface area contributed by atoms with E-state index in [1.807, 2.05) is 5.32 Å². The minimum atomic E-state index is -0.910. The third kappa shape index (κ3) is 4.59. The van der Waals surface area contributed by atoms with Crippen molar-refractivity contribution in [2.75, 3.05) is 20.3 Å². The zero-order valence-corrected chi connectivity index (χ0v) is 14.3. The van der Waals surface area contributed by atoms with Gasteiger partial charge < -0.3 is 18.8 Å². The number of aromatic nitrogens is 1. The van der Waals surface area contributed by atoms with Crippen LogP contribution in [0.3, 0.4) is 0 Å². The maximum Gasteiger partial charge on any atom is 0.413 e. The van der Waals surface area contributed by atoms with Gasteiger partial charge >= 0.3 is 18.0 Å². The lowest BCUT2D eigenvalue weighted by molar-refractivity contribution is -0.148. The van der Waals surface area contributed by atoms with Gasteiger partial charge in [0.05, 0.1) is 19.3 Å². The van der Waals surface area contributed by atoms with Gasteiger partial charge in [-0.05, 0) is 13.0 Å². The highest BCUT2D eigenvalue weighted by Gasteiger charge is 2.17. The second-order valence-electron chi connectivity index (χ2n) is 5.11. The normalized spacial score (nSPS) is 10.2. The average Bonchev–Trinajstić information content (AvgIpc) is 2.98. The number of rotatable bonds is 6. The first kappa shape index (κ1) is 19.0. The van der Waals surface area contributed by atoms with Gasteiger partial charge in [-0.1, -0.05) is 18.2 Å². The summed E-state index contributed by atoms with van der Waals surface area (Å²) in [5.74, 6) is -2.03. The van der Waals surface area contributed by atoms with Gasteiger partial charge in [-0.2, -0.15) is 0 Å². The molecule has 0 saturated carbocycles. The number of nitrogens with zero attached hydrogens (tertiary/aromatic N) is 1. The molecule has 1 N–H and O–H groups in total. The number of para-hydroxylation sites is 1. The molecule has 0 spiro atoms. The predicted octanol–water partition coefficient (Wildman–Crippen LogP) is 1.24. The fraction of sp³-hybridized carbons (Fsp3) is 0.294. The van der Waals surface area contributed by atoms with E-state index >= 15 is 0 Å². The molecule has 1 aromatic carbocycles. The number of fused-ring (bicyclic) bond motifs is 1. The fourth-order valence-corrected chi connectivity index (χ4v) is 2.30. The summed E-state index contributed by atoms with van der Waals surface area (Å²) >= 11 is 0. The first-order valence-electron chi connectivity index (χ1n) is 7.74. The van der Waals surface area contributed by atoms with Crippen LogP contribution in [-0.4, -0.2) is 48.8 Å². The number of esters is 2. The fourth-order valence-electron chi connectivity index (χ4n) is 2.30. The van der Waals surface area contributed by atoms with Crippen molar-refractivity contribution in [1.29, 1.82) is 0 Å². The number of alkyl carbamates (subject to hydrolysis) is 1. The predicted molar refractivity (Wildman–Crippen MR) is 89.4 cm³/mol. The van der Waals surface area contributed by atoms with Crippen LogP contribution in [0.4, 0.5) is 4.79 Å². The summed E-state index contributed by atoms with van der Waals surface area (Å²) in [6.45, 7) is 0.862. The molecule has 26 heavy (non-hydrogen) atoms. The highest BCUT2D eigenvalue weighted by Crippen LogP contribution is 2.22. The summed E-state index contributed by atoms with van der Waals surface area (Å²) in [5, 5.41) is 2.54. The van der Waals surface area contributed by atoms with E-state index in [2.05, 4.69) is 4.74 Å². The number of carbonyl (C=O) groups excluding carboxylic acids is 4. The van der Waals surface area contributed by atoms with E-state index in [1.165, 1.54) is 17.9 Å². The molecule has 0 aliphatic carbocycles. The molecule has 0 aliphatic heterocycles. The topological polar surface area (TPSA) is 113 Å². The molecule has 1 aromatic heterocycles. The van der Waals surface area contributed by atoms with Crippen molar-refractivity contribution < 1.29 is 33.4 Å². The molecule has 0 fully saturated rings. The highest BCUT2D eigenvalue weighted by molar-refractivity contribution is 6.04. The lowest BCUT2D eigenvalue weighted by atomic mass is 10.2. The zero-order valence-electron chi connectivity index (χ0n) is 14.3. The first-order chi connectivity index (χ1) is 12.5. The molecule has 0 atom stereocenters. The Morgan fingerprint density at radius 3 is 2.54 bits per heavy atom. The maximum absolute atomic E-state index is 12.0. The number of nitrogens with one attached hydrogen (secondary N) is 1. The first-order valence-corrected chi connectivity index (χ1v) is 7.74. The second kappa shape index (κ2) is 8.65. The van der Waals surface area contributed by atoms with Gasteiger partial charge in [-0.3, -0.25) is 14.9 Å². The molecule has 2 aromatic rings. The van der Waals surface area contributed by atoms with Crippen LogP contribution < -0.4 is 5.32 Å². The van der Waals surface area contributed by atoms with E-state index in [4.69, 9.17) is 9.47 Å². The summed E-state index contributed by atoms with van der Waals surface area (Å²) in [5.41, 5.74) is 0.955. The number of ether oxygens (including phenoxy) is 3. The van der Waals surface area contributed by atoms with Crippen molar-refractivity contribution in [2.24, 2.45) is 0 Å². The Labute approximate surface area is 148 Å². The minimum Gasteiger partial charge on any atom is -0.465 e. The number of imide groups is 1. The molecule has 0 aliphatic rings. The van der Waals surface area contributed by atoms with Gasteiger partial charge in [-0.15, -0.1) is 0 Å². The molecule has 2 amide bonds. The molecule has 9 heteroatoms. The van der Waals surface area contributed by atoms with Crippen LogP contribution in [-0.2, 0) is 30.3 Å². The number of hydrogen-bond donors (Lipinski definition) is 1.